The predicted octanol–water partition coefficient (Wildman–Crippen LogP) is 2.58. The van der Waals surface area contributed by atoms with E-state index in [2.05, 4.69) is 26.6 Å². The smallest absolute Gasteiger partial charge is 0.319 e. The highest BCUT2D eigenvalue weighted by Gasteiger charge is 2.16. The molecule has 7 heteroatoms. The van der Waals surface area contributed by atoms with E-state index >= 15 is 0 Å². The number of anilines is 1. The molecule has 0 bridgehead atoms. The van der Waals surface area contributed by atoms with Crippen LogP contribution in [0.2, 0.25) is 0 Å². The topological polar surface area (TPSA) is 66.5 Å². The van der Waals surface area contributed by atoms with E-state index in [0.29, 0.717) is 18.1 Å². The van der Waals surface area contributed by atoms with Crippen molar-refractivity contribution >= 4 is 23.1 Å². The van der Waals surface area contributed by atoms with Gasteiger partial charge in [-0.15, -0.1) is 11.3 Å². The number of nitrogens with zero attached hydrogens (tertiary/aromatic N) is 2. The Hall–Kier alpha value is -2.12. The van der Waals surface area contributed by atoms with Crippen molar-refractivity contribution in [2.24, 2.45) is 0 Å². The molecule has 2 aromatic rings. The van der Waals surface area contributed by atoms with Crippen LogP contribution in [-0.4, -0.2) is 43.7 Å². The molecule has 0 fully saturated rings. The van der Waals surface area contributed by atoms with Crippen LogP contribution < -0.4 is 15.4 Å². The Morgan fingerprint density at radius 2 is 2.23 bits per heavy atom. The normalized spacial score (nSPS) is 12.0. The number of methoxy groups -OCH3 is 1. The number of carbonyl (C=O) groups is 1. The highest BCUT2D eigenvalue weighted by atomic mass is 32.1. The highest BCUT2D eigenvalue weighted by molar-refractivity contribution is 7.10. The van der Waals surface area contributed by atoms with Gasteiger partial charge in [0.15, 0.2) is 0 Å². The van der Waals surface area contributed by atoms with Gasteiger partial charge in [-0.05, 0) is 37.7 Å². The molecule has 0 aliphatic carbocycles. The van der Waals surface area contributed by atoms with Crippen LogP contribution in [0.5, 0.6) is 5.88 Å². The molecule has 0 saturated carbocycles. The number of amides is 2. The van der Waals surface area contributed by atoms with E-state index < -0.39 is 0 Å². The molecule has 1 atom stereocenters. The summed E-state index contributed by atoms with van der Waals surface area (Å²) in [5.41, 5.74) is 0.542. The molecule has 0 aliphatic heterocycles. The molecule has 0 radical (unpaired) electrons. The monoisotopic (exact) mass is 320 g/mol. The van der Waals surface area contributed by atoms with Crippen molar-refractivity contribution in [3.05, 3.63) is 40.7 Å². The van der Waals surface area contributed by atoms with E-state index in [1.54, 1.807) is 29.7 Å². The molecule has 0 aliphatic rings. The molecule has 2 heterocycles. The summed E-state index contributed by atoms with van der Waals surface area (Å²) in [5, 5.41) is 7.67. The third-order valence-corrected chi connectivity index (χ3v) is 4.14. The van der Waals surface area contributed by atoms with E-state index in [0.717, 1.165) is 0 Å². The molecule has 2 amide bonds. The van der Waals surface area contributed by atoms with Crippen molar-refractivity contribution in [1.82, 2.24) is 15.2 Å². The maximum Gasteiger partial charge on any atom is 0.319 e. The average molecular weight is 320 g/mol. The van der Waals surface area contributed by atoms with E-state index in [4.69, 9.17) is 4.74 Å². The van der Waals surface area contributed by atoms with Gasteiger partial charge in [-0.25, -0.2) is 9.78 Å². The zero-order valence-corrected chi connectivity index (χ0v) is 13.7. The fourth-order valence-electron chi connectivity index (χ4n) is 2.02. The van der Waals surface area contributed by atoms with Crippen molar-refractivity contribution < 1.29 is 9.53 Å². The first kappa shape index (κ1) is 16.3. The van der Waals surface area contributed by atoms with E-state index in [1.807, 2.05) is 25.5 Å². The molecule has 0 spiro atoms. The van der Waals surface area contributed by atoms with E-state index in [-0.39, 0.29) is 12.1 Å². The lowest BCUT2D eigenvalue weighted by Crippen LogP contribution is -2.36. The highest BCUT2D eigenvalue weighted by Crippen LogP contribution is 2.23. The molecular formula is C15H20N4O2S. The third kappa shape index (κ3) is 4.19. The van der Waals surface area contributed by atoms with Crippen LogP contribution in [0.25, 0.3) is 0 Å². The van der Waals surface area contributed by atoms with Gasteiger partial charge in [-0.1, -0.05) is 6.07 Å². The molecule has 22 heavy (non-hydrogen) atoms. The predicted molar refractivity (Wildman–Crippen MR) is 88.6 cm³/mol. The summed E-state index contributed by atoms with van der Waals surface area (Å²) < 4.78 is 5.11. The second-order valence-electron chi connectivity index (χ2n) is 4.89. The van der Waals surface area contributed by atoms with Gasteiger partial charge in [0, 0.05) is 17.6 Å². The van der Waals surface area contributed by atoms with Gasteiger partial charge in [0.25, 0.3) is 0 Å². The Morgan fingerprint density at radius 3 is 2.86 bits per heavy atom. The van der Waals surface area contributed by atoms with Crippen LogP contribution in [0.15, 0.2) is 35.8 Å². The number of nitrogens with one attached hydrogen (secondary N) is 2. The summed E-state index contributed by atoms with van der Waals surface area (Å²) in [6.45, 7) is 0.516. The number of hydrogen-bond acceptors (Lipinski definition) is 5. The van der Waals surface area contributed by atoms with Gasteiger partial charge < -0.3 is 20.3 Å². The lowest BCUT2D eigenvalue weighted by molar-refractivity contribution is 0.243. The summed E-state index contributed by atoms with van der Waals surface area (Å²) in [4.78, 5) is 19.4. The maximum atomic E-state index is 12.1. The maximum absolute atomic E-state index is 12.1. The van der Waals surface area contributed by atoms with Gasteiger partial charge in [-0.3, -0.25) is 0 Å². The molecule has 0 saturated heterocycles. The van der Waals surface area contributed by atoms with Crippen molar-refractivity contribution in [3.63, 3.8) is 0 Å². The zero-order valence-electron chi connectivity index (χ0n) is 12.9. The van der Waals surface area contributed by atoms with Crippen LogP contribution in [0.3, 0.4) is 0 Å². The zero-order chi connectivity index (χ0) is 15.9. The Bertz CT molecular complexity index is 601. The first-order valence-corrected chi connectivity index (χ1v) is 7.73. The summed E-state index contributed by atoms with van der Waals surface area (Å²) in [5.74, 6) is 0.389. The van der Waals surface area contributed by atoms with Gasteiger partial charge in [0.2, 0.25) is 5.88 Å². The summed E-state index contributed by atoms with van der Waals surface area (Å²) in [7, 11) is 5.51. The Balaban J connectivity index is 1.94. The first-order chi connectivity index (χ1) is 10.6. The van der Waals surface area contributed by atoms with Crippen LogP contribution in [0, 0.1) is 0 Å². The van der Waals surface area contributed by atoms with Gasteiger partial charge in [-0.2, -0.15) is 0 Å². The SMILES string of the molecule is COc1ncccc1NC(=O)NC[C@@H](c1cccs1)N(C)C. The molecule has 2 aromatic heterocycles. The van der Waals surface area contributed by atoms with Crippen molar-refractivity contribution in [3.8, 4) is 5.88 Å². The van der Waals surface area contributed by atoms with Gasteiger partial charge >= 0.3 is 6.03 Å². The minimum atomic E-state index is -0.283. The minimum absolute atomic E-state index is 0.140. The largest absolute Gasteiger partial charge is 0.480 e. The Labute approximate surface area is 134 Å². The van der Waals surface area contributed by atoms with Crippen LogP contribution >= 0.6 is 11.3 Å². The molecule has 6 nitrogen and oxygen atoms in total. The molecule has 2 N–H and O–H groups in total. The van der Waals surface area contributed by atoms with Crippen molar-refractivity contribution in [1.29, 1.82) is 0 Å². The molecule has 2 rings (SSSR count). The Morgan fingerprint density at radius 1 is 1.41 bits per heavy atom. The van der Waals surface area contributed by atoms with Gasteiger partial charge in [0.1, 0.15) is 5.69 Å². The summed E-state index contributed by atoms with van der Waals surface area (Å²) >= 11 is 1.68. The van der Waals surface area contributed by atoms with Crippen LogP contribution in [-0.2, 0) is 0 Å². The van der Waals surface area contributed by atoms with E-state index in [1.165, 1.54) is 12.0 Å². The fourth-order valence-corrected chi connectivity index (χ4v) is 2.95. The summed E-state index contributed by atoms with van der Waals surface area (Å²) in [6.07, 6.45) is 1.61. The Kier molecular flexibility index (Phi) is 5.74. The standard InChI is InChI=1S/C15H20N4O2S/c1-19(2)12(13-7-5-9-22-13)10-17-15(20)18-11-6-4-8-16-14(11)21-3/h4-9,12H,10H2,1-3H3,(H2,17,18,20)/t12-/m0/s1. The van der Waals surface area contributed by atoms with E-state index in [9.17, 15) is 4.79 Å². The van der Waals surface area contributed by atoms with Crippen LogP contribution in [0.4, 0.5) is 10.5 Å². The number of aromatic nitrogens is 1. The quantitative estimate of drug-likeness (QED) is 0.858. The number of hydrogen-bond donors (Lipinski definition) is 2. The molecule has 0 unspecified atom stereocenters. The first-order valence-electron chi connectivity index (χ1n) is 6.85. The number of pyridine rings is 1. The molecular weight excluding hydrogens is 300 g/mol. The lowest BCUT2D eigenvalue weighted by atomic mass is 10.2. The molecule has 118 valence electrons. The third-order valence-electron chi connectivity index (χ3n) is 3.16. The van der Waals surface area contributed by atoms with Crippen LogP contribution in [0.1, 0.15) is 10.9 Å². The van der Waals surface area contributed by atoms with Gasteiger partial charge in [0.05, 0.1) is 13.2 Å². The summed E-state index contributed by atoms with van der Waals surface area (Å²) in [6, 6.07) is 7.42. The number of thiophene rings is 1. The number of ether oxygens (including phenoxy) is 1. The minimum Gasteiger partial charge on any atom is -0.480 e. The molecule has 0 aromatic carbocycles. The lowest BCUT2D eigenvalue weighted by Gasteiger charge is -2.23. The van der Waals surface area contributed by atoms with Crippen molar-refractivity contribution in [2.75, 3.05) is 33.1 Å². The number of rotatable bonds is 6. The van der Waals surface area contributed by atoms with Crippen molar-refractivity contribution in [2.45, 2.75) is 6.04 Å². The number of urea groups is 1. The fraction of sp³-hybridized carbons (Fsp3) is 0.333. The number of carbonyl (C=O) groups excluding carboxylic acids is 1. The average Bonchev–Trinajstić information content (AvgIpc) is 3.01. The second-order valence-corrected chi connectivity index (χ2v) is 5.87. The number of likely N-dealkylation sites (N-methyl/N-ethyl adjacent to an activating group) is 1. The second kappa shape index (κ2) is 7.77.